The Morgan fingerprint density at radius 2 is 2.13 bits per heavy atom. The molecule has 0 radical (unpaired) electrons. The van der Waals surface area contributed by atoms with E-state index in [0.717, 1.165) is 15.9 Å². The number of halogens is 1. The number of nitrogens with one attached hydrogen (secondary N) is 3. The average Bonchev–Trinajstić information content (AvgIpc) is 3.55. The van der Waals surface area contributed by atoms with Gasteiger partial charge in [-0.1, -0.05) is 12.6 Å². The minimum absolute atomic E-state index is 0.397. The highest BCUT2D eigenvalue weighted by Gasteiger charge is 2.23. The molecule has 9 heteroatoms. The Morgan fingerprint density at radius 1 is 1.37 bits per heavy atom. The van der Waals surface area contributed by atoms with E-state index in [2.05, 4.69) is 48.4 Å². The molecule has 30 heavy (non-hydrogen) atoms. The molecule has 0 aliphatic heterocycles. The molecule has 0 unspecified atom stereocenters. The number of carbonyl (C=O) groups excluding carboxylic acids is 1. The maximum Gasteiger partial charge on any atom is 0.414 e. The van der Waals surface area contributed by atoms with E-state index in [1.54, 1.807) is 38.5 Å². The number of amides is 1. The molecule has 1 saturated carbocycles. The van der Waals surface area contributed by atoms with Gasteiger partial charge in [-0.2, -0.15) is 4.98 Å². The van der Waals surface area contributed by atoms with Crippen LogP contribution < -0.4 is 20.7 Å². The summed E-state index contributed by atoms with van der Waals surface area (Å²) >= 11 is 3.48. The third-order valence-electron chi connectivity index (χ3n) is 4.36. The highest BCUT2D eigenvalue weighted by Crippen LogP contribution is 2.36. The van der Waals surface area contributed by atoms with Gasteiger partial charge in [0.05, 0.1) is 4.47 Å². The lowest BCUT2D eigenvalue weighted by Gasteiger charge is -2.14. The van der Waals surface area contributed by atoms with Gasteiger partial charge in [0.2, 0.25) is 5.95 Å². The van der Waals surface area contributed by atoms with Crippen LogP contribution in [0.2, 0.25) is 0 Å². The summed E-state index contributed by atoms with van der Waals surface area (Å²) in [4.78, 5) is 21.9. The van der Waals surface area contributed by atoms with E-state index < -0.39 is 6.09 Å². The van der Waals surface area contributed by atoms with Crippen LogP contribution >= 0.6 is 15.9 Å². The first kappa shape index (κ1) is 21.6. The van der Waals surface area contributed by atoms with Crippen molar-refractivity contribution in [3.8, 4) is 5.75 Å². The SMILES string of the molecule is C=C(/C=C(\NC)Nc1nc(Nc2cccc(OC(=O)N(C)C)c2)ncc1Br)C1CC1. The number of carbonyl (C=O) groups is 1. The number of anilines is 3. The molecule has 1 fully saturated rings. The number of hydrogen-bond acceptors (Lipinski definition) is 7. The quantitative estimate of drug-likeness (QED) is 0.487. The summed E-state index contributed by atoms with van der Waals surface area (Å²) in [5, 5.41) is 9.52. The smallest absolute Gasteiger partial charge is 0.410 e. The number of aromatic nitrogens is 2. The Kier molecular flexibility index (Phi) is 6.94. The van der Waals surface area contributed by atoms with E-state index in [0.29, 0.717) is 29.1 Å². The van der Waals surface area contributed by atoms with Gasteiger partial charge in [0.15, 0.2) is 5.82 Å². The zero-order valence-electron chi connectivity index (χ0n) is 17.2. The summed E-state index contributed by atoms with van der Waals surface area (Å²) in [6.45, 7) is 4.13. The number of rotatable bonds is 8. The Labute approximate surface area is 184 Å². The molecular formula is C21H25BrN6O2. The van der Waals surface area contributed by atoms with Gasteiger partial charge >= 0.3 is 6.09 Å². The van der Waals surface area contributed by atoms with Crippen LogP contribution in [0.15, 0.2) is 59.0 Å². The molecule has 0 bridgehead atoms. The second-order valence-electron chi connectivity index (χ2n) is 7.09. The Hall–Kier alpha value is -3.07. The van der Waals surface area contributed by atoms with E-state index in [4.69, 9.17) is 4.74 Å². The van der Waals surface area contributed by atoms with Crippen molar-refractivity contribution in [2.75, 3.05) is 31.8 Å². The van der Waals surface area contributed by atoms with Crippen LogP contribution in [0.4, 0.5) is 22.2 Å². The van der Waals surface area contributed by atoms with Crippen LogP contribution in [0.1, 0.15) is 12.8 Å². The molecule has 0 saturated heterocycles. The largest absolute Gasteiger partial charge is 0.414 e. The van der Waals surface area contributed by atoms with Crippen molar-refractivity contribution in [3.05, 3.63) is 59.0 Å². The van der Waals surface area contributed by atoms with Crippen LogP contribution in [0.3, 0.4) is 0 Å². The lowest BCUT2D eigenvalue weighted by atomic mass is 10.2. The third-order valence-corrected chi connectivity index (χ3v) is 4.94. The van der Waals surface area contributed by atoms with Crippen molar-refractivity contribution < 1.29 is 9.53 Å². The second kappa shape index (κ2) is 9.62. The van der Waals surface area contributed by atoms with E-state index in [1.807, 2.05) is 19.2 Å². The number of hydrogen-bond donors (Lipinski definition) is 3. The van der Waals surface area contributed by atoms with Crippen LogP contribution in [-0.2, 0) is 0 Å². The molecule has 158 valence electrons. The van der Waals surface area contributed by atoms with Crippen LogP contribution in [-0.4, -0.2) is 42.1 Å². The van der Waals surface area contributed by atoms with Gasteiger partial charge in [-0.3, -0.25) is 0 Å². The van der Waals surface area contributed by atoms with Gasteiger partial charge < -0.3 is 25.6 Å². The van der Waals surface area contributed by atoms with Gasteiger partial charge in [-0.15, -0.1) is 0 Å². The summed E-state index contributed by atoms with van der Waals surface area (Å²) in [6, 6.07) is 7.03. The molecule has 0 spiro atoms. The van der Waals surface area contributed by atoms with Gasteiger partial charge in [0.25, 0.3) is 0 Å². The lowest BCUT2D eigenvalue weighted by molar-refractivity contribution is 0.172. The molecule has 1 aromatic carbocycles. The monoisotopic (exact) mass is 472 g/mol. The van der Waals surface area contributed by atoms with Crippen molar-refractivity contribution in [2.45, 2.75) is 12.8 Å². The van der Waals surface area contributed by atoms with Crippen LogP contribution in [0, 0.1) is 5.92 Å². The molecule has 1 aliphatic rings. The van der Waals surface area contributed by atoms with Crippen molar-refractivity contribution >= 4 is 39.5 Å². The first-order valence-electron chi connectivity index (χ1n) is 9.49. The number of benzene rings is 1. The van der Waals surface area contributed by atoms with Gasteiger partial charge in [-0.25, -0.2) is 9.78 Å². The van der Waals surface area contributed by atoms with Crippen LogP contribution in [0.5, 0.6) is 5.75 Å². The zero-order valence-corrected chi connectivity index (χ0v) is 18.8. The summed E-state index contributed by atoms with van der Waals surface area (Å²) in [7, 11) is 5.10. The zero-order chi connectivity index (χ0) is 21.7. The molecule has 1 aliphatic carbocycles. The summed E-state index contributed by atoms with van der Waals surface area (Å²) < 4.78 is 6.01. The maximum absolute atomic E-state index is 11.7. The minimum atomic E-state index is -0.447. The third kappa shape index (κ3) is 5.96. The van der Waals surface area contributed by atoms with Crippen molar-refractivity contribution in [2.24, 2.45) is 5.92 Å². The Morgan fingerprint density at radius 3 is 2.80 bits per heavy atom. The van der Waals surface area contributed by atoms with E-state index in [1.165, 1.54) is 17.7 Å². The van der Waals surface area contributed by atoms with E-state index >= 15 is 0 Å². The summed E-state index contributed by atoms with van der Waals surface area (Å²) in [5.41, 5.74) is 1.79. The molecular weight excluding hydrogens is 448 g/mol. The fraction of sp³-hybridized carbons (Fsp3) is 0.286. The number of nitrogens with zero attached hydrogens (tertiary/aromatic N) is 3. The normalized spacial score (nSPS) is 13.4. The van der Waals surface area contributed by atoms with E-state index in [-0.39, 0.29) is 0 Å². The fourth-order valence-corrected chi connectivity index (χ4v) is 2.82. The van der Waals surface area contributed by atoms with Gasteiger partial charge in [0, 0.05) is 39.1 Å². The first-order valence-corrected chi connectivity index (χ1v) is 10.3. The molecule has 1 amide bonds. The van der Waals surface area contributed by atoms with Crippen molar-refractivity contribution in [1.29, 1.82) is 0 Å². The Bertz CT molecular complexity index is 972. The second-order valence-corrected chi connectivity index (χ2v) is 7.94. The van der Waals surface area contributed by atoms with Crippen molar-refractivity contribution in [3.63, 3.8) is 0 Å². The molecule has 8 nitrogen and oxygen atoms in total. The maximum atomic E-state index is 11.7. The molecule has 3 N–H and O–H groups in total. The van der Waals surface area contributed by atoms with E-state index in [9.17, 15) is 4.79 Å². The highest BCUT2D eigenvalue weighted by atomic mass is 79.9. The number of allylic oxidation sites excluding steroid dienone is 2. The van der Waals surface area contributed by atoms with Crippen LogP contribution in [0.25, 0.3) is 0 Å². The predicted molar refractivity (Wildman–Crippen MR) is 122 cm³/mol. The Balaban J connectivity index is 1.73. The topological polar surface area (TPSA) is 91.4 Å². The standard InChI is InChI=1S/C21H25BrN6O2/c1-13(14-8-9-14)10-18(23-2)26-19-17(22)12-24-20(27-19)25-15-6-5-7-16(11-15)30-21(29)28(3)4/h5-7,10-12,14,23H,1,8-9H2,2-4H3,(H2,24,25,26,27)/b18-10+. The summed E-state index contributed by atoms with van der Waals surface area (Å²) in [5.74, 6) is 2.80. The highest BCUT2D eigenvalue weighted by molar-refractivity contribution is 9.10. The minimum Gasteiger partial charge on any atom is -0.410 e. The summed E-state index contributed by atoms with van der Waals surface area (Å²) in [6.07, 6.45) is 5.61. The molecule has 3 rings (SSSR count). The first-order chi connectivity index (χ1) is 14.4. The average molecular weight is 473 g/mol. The lowest BCUT2D eigenvalue weighted by Crippen LogP contribution is -2.25. The fourth-order valence-electron chi connectivity index (χ4n) is 2.53. The van der Waals surface area contributed by atoms with Gasteiger partial charge in [-0.05, 0) is 58.5 Å². The number of ether oxygens (including phenoxy) is 1. The van der Waals surface area contributed by atoms with Gasteiger partial charge in [0.1, 0.15) is 11.6 Å². The predicted octanol–water partition coefficient (Wildman–Crippen LogP) is 4.48. The molecule has 0 atom stereocenters. The molecule has 1 aromatic heterocycles. The molecule has 2 aromatic rings. The molecule has 1 heterocycles. The van der Waals surface area contributed by atoms with Crippen molar-refractivity contribution in [1.82, 2.24) is 20.2 Å².